The van der Waals surface area contributed by atoms with Crippen LogP contribution in [-0.4, -0.2) is 56.9 Å². The van der Waals surface area contributed by atoms with Crippen LogP contribution in [0.3, 0.4) is 0 Å². The number of fused-ring (bicyclic) bond motifs is 1. The number of esters is 1. The van der Waals surface area contributed by atoms with E-state index >= 15 is 0 Å². The Labute approximate surface area is 162 Å². The van der Waals surface area contributed by atoms with Crippen LogP contribution in [0.5, 0.6) is 5.75 Å². The minimum absolute atomic E-state index is 0.0363. The highest BCUT2D eigenvalue weighted by molar-refractivity contribution is 5.92. The lowest BCUT2D eigenvalue weighted by Crippen LogP contribution is -2.34. The van der Waals surface area contributed by atoms with Gasteiger partial charge in [0.15, 0.2) is 24.3 Å². The largest absolute Gasteiger partial charge is 0.509 e. The fourth-order valence-electron chi connectivity index (χ4n) is 3.13. The van der Waals surface area contributed by atoms with Crippen LogP contribution in [0, 0.1) is 0 Å². The summed E-state index contributed by atoms with van der Waals surface area (Å²) in [5, 5.41) is 18.6. The van der Waals surface area contributed by atoms with Crippen LogP contribution < -0.4 is 11.2 Å². The van der Waals surface area contributed by atoms with Gasteiger partial charge in [-0.3, -0.25) is 15.3 Å². The molecule has 2 aliphatic rings. The molecule has 12 nitrogen and oxygen atoms in total. The molecule has 2 saturated heterocycles. The van der Waals surface area contributed by atoms with Crippen molar-refractivity contribution >= 4 is 17.9 Å². The number of carbonyl (C=O) groups excluding carboxylic acids is 2. The van der Waals surface area contributed by atoms with Gasteiger partial charge in [0.25, 0.3) is 0 Å². The Balaban J connectivity index is 1.52. The summed E-state index contributed by atoms with van der Waals surface area (Å²) in [6.45, 7) is -0.320. The average molecular weight is 405 g/mol. The summed E-state index contributed by atoms with van der Waals surface area (Å²) in [6, 6.07) is 7.15. The predicted molar refractivity (Wildman–Crippen MR) is 91.3 cm³/mol. The van der Waals surface area contributed by atoms with Crippen molar-refractivity contribution in [2.24, 2.45) is 0 Å². The van der Waals surface area contributed by atoms with Crippen molar-refractivity contribution in [1.29, 1.82) is 0 Å². The molecule has 1 aromatic carbocycles. The third-order valence-corrected chi connectivity index (χ3v) is 4.47. The van der Waals surface area contributed by atoms with Crippen LogP contribution in [0.1, 0.15) is 16.6 Å². The number of benzene rings is 1. The number of phenols is 1. The van der Waals surface area contributed by atoms with E-state index in [1.807, 2.05) is 0 Å². The van der Waals surface area contributed by atoms with Gasteiger partial charge < -0.3 is 24.1 Å². The lowest BCUT2D eigenvalue weighted by molar-refractivity contribution is -0.0769. The van der Waals surface area contributed by atoms with Crippen molar-refractivity contribution in [2.45, 2.75) is 24.5 Å². The van der Waals surface area contributed by atoms with Crippen LogP contribution in [0.25, 0.3) is 0 Å². The molecule has 0 saturated carbocycles. The first-order chi connectivity index (χ1) is 14.0. The van der Waals surface area contributed by atoms with Gasteiger partial charge in [0.1, 0.15) is 24.0 Å². The highest BCUT2D eigenvalue weighted by Gasteiger charge is 2.55. The highest BCUT2D eigenvalue weighted by Crippen LogP contribution is 2.37. The second kappa shape index (κ2) is 7.41. The molecule has 29 heavy (non-hydrogen) atoms. The van der Waals surface area contributed by atoms with Crippen molar-refractivity contribution in [3.8, 4) is 5.75 Å². The van der Waals surface area contributed by atoms with E-state index in [1.54, 1.807) is 17.6 Å². The van der Waals surface area contributed by atoms with Crippen LogP contribution >= 0.6 is 0 Å². The third-order valence-electron chi connectivity index (χ3n) is 4.47. The first-order valence-corrected chi connectivity index (χ1v) is 8.45. The summed E-state index contributed by atoms with van der Waals surface area (Å²) < 4.78 is 22.1. The van der Waals surface area contributed by atoms with Crippen LogP contribution in [-0.2, 0) is 18.9 Å². The molecular formula is C17H15N3O9. The Hall–Kier alpha value is -3.64. The van der Waals surface area contributed by atoms with E-state index in [4.69, 9.17) is 24.2 Å². The quantitative estimate of drug-likeness (QED) is 0.467. The zero-order valence-electron chi connectivity index (χ0n) is 14.6. The van der Waals surface area contributed by atoms with Gasteiger partial charge >= 0.3 is 17.8 Å². The van der Waals surface area contributed by atoms with E-state index in [0.29, 0.717) is 0 Å². The molecule has 0 bridgehead atoms. The lowest BCUT2D eigenvalue weighted by Gasteiger charge is -2.18. The van der Waals surface area contributed by atoms with Gasteiger partial charge in [-0.1, -0.05) is 12.1 Å². The predicted octanol–water partition coefficient (Wildman–Crippen LogP) is 0.408. The van der Waals surface area contributed by atoms with Gasteiger partial charge in [-0.2, -0.15) is 4.98 Å². The molecular weight excluding hydrogens is 390 g/mol. The Morgan fingerprint density at radius 1 is 1.21 bits per heavy atom. The SMILES string of the molecule is O=C1O[C@@H]2[C@H](O1)[C@@H](COC(=O)c1ccccc1O)O[C@H]2n1ccc(NO)nc1=O. The molecule has 152 valence electrons. The van der Waals surface area contributed by atoms with Crippen LogP contribution in [0.2, 0.25) is 0 Å². The first kappa shape index (κ1) is 18.7. The van der Waals surface area contributed by atoms with E-state index in [-0.39, 0.29) is 23.7 Å². The average Bonchev–Trinajstić information content (AvgIpc) is 3.24. The van der Waals surface area contributed by atoms with Gasteiger partial charge in [-0.25, -0.2) is 14.4 Å². The van der Waals surface area contributed by atoms with Crippen molar-refractivity contribution in [2.75, 3.05) is 12.1 Å². The number of ether oxygens (including phenoxy) is 4. The maximum absolute atomic E-state index is 12.2. The summed E-state index contributed by atoms with van der Waals surface area (Å²) in [6.07, 6.45) is -3.55. The second-order valence-electron chi connectivity index (χ2n) is 6.21. The minimum Gasteiger partial charge on any atom is -0.507 e. The molecule has 1 aromatic heterocycles. The van der Waals surface area contributed by atoms with E-state index < -0.39 is 42.4 Å². The number of nitrogens with zero attached hydrogens (tertiary/aromatic N) is 2. The van der Waals surface area contributed by atoms with Crippen molar-refractivity contribution in [3.63, 3.8) is 0 Å². The number of phenolic OH excluding ortho intramolecular Hbond substituents is 1. The normalized spacial score (nSPS) is 25.1. The summed E-state index contributed by atoms with van der Waals surface area (Å²) in [4.78, 5) is 39.5. The maximum Gasteiger partial charge on any atom is 0.509 e. The topological polar surface area (TPSA) is 158 Å². The number of anilines is 1. The third kappa shape index (κ3) is 3.46. The van der Waals surface area contributed by atoms with Gasteiger partial charge in [-0.05, 0) is 18.2 Å². The van der Waals surface area contributed by atoms with Crippen LogP contribution in [0.4, 0.5) is 10.6 Å². The first-order valence-electron chi connectivity index (χ1n) is 8.45. The van der Waals surface area contributed by atoms with Crippen LogP contribution in [0.15, 0.2) is 41.3 Å². The van der Waals surface area contributed by atoms with Gasteiger partial charge in [0.05, 0.1) is 0 Å². The molecule has 2 aliphatic heterocycles. The molecule has 4 rings (SSSR count). The van der Waals surface area contributed by atoms with Crippen molar-refractivity contribution < 1.29 is 38.9 Å². The molecule has 12 heteroatoms. The fraction of sp³-hybridized carbons (Fsp3) is 0.294. The smallest absolute Gasteiger partial charge is 0.507 e. The maximum atomic E-state index is 12.2. The van der Waals surface area contributed by atoms with Crippen molar-refractivity contribution in [1.82, 2.24) is 9.55 Å². The Kier molecular flexibility index (Phi) is 4.78. The summed E-state index contributed by atoms with van der Waals surface area (Å²) in [5.74, 6) is -1.12. The minimum atomic E-state index is -1.08. The van der Waals surface area contributed by atoms with Gasteiger partial charge in [-0.15, -0.1) is 0 Å². The monoisotopic (exact) mass is 405 g/mol. The number of hydrogen-bond donors (Lipinski definition) is 3. The zero-order chi connectivity index (χ0) is 20.5. The molecule has 0 amide bonds. The molecule has 3 heterocycles. The Morgan fingerprint density at radius 3 is 2.69 bits per heavy atom. The molecule has 2 aromatic rings. The second-order valence-corrected chi connectivity index (χ2v) is 6.21. The Bertz CT molecular complexity index is 1010. The zero-order valence-corrected chi connectivity index (χ0v) is 14.6. The van der Waals surface area contributed by atoms with Gasteiger partial charge in [0.2, 0.25) is 0 Å². The number of aromatic nitrogens is 2. The summed E-state index contributed by atoms with van der Waals surface area (Å²) >= 11 is 0. The van der Waals surface area contributed by atoms with Gasteiger partial charge in [0, 0.05) is 6.20 Å². The number of rotatable bonds is 5. The fourth-order valence-corrected chi connectivity index (χ4v) is 3.13. The Morgan fingerprint density at radius 2 is 1.97 bits per heavy atom. The van der Waals surface area contributed by atoms with Crippen molar-refractivity contribution in [3.05, 3.63) is 52.6 Å². The number of hydrogen-bond acceptors (Lipinski definition) is 11. The van der Waals surface area contributed by atoms with E-state index in [0.717, 1.165) is 4.57 Å². The summed E-state index contributed by atoms with van der Waals surface area (Å²) in [7, 11) is 0. The number of para-hydroxylation sites is 1. The molecule has 0 aliphatic carbocycles. The number of nitrogens with one attached hydrogen (secondary N) is 1. The number of aromatic hydroxyl groups is 1. The molecule has 0 radical (unpaired) electrons. The van der Waals surface area contributed by atoms with E-state index in [1.165, 1.54) is 24.4 Å². The number of carbonyl (C=O) groups is 2. The summed E-state index contributed by atoms with van der Waals surface area (Å²) in [5.41, 5.74) is 0.936. The molecule has 3 N–H and O–H groups in total. The molecule has 0 spiro atoms. The standard InChI is InChI=1S/C17H15N3O9/c21-9-4-2-1-3-8(9)15(22)26-7-10-12-13(29-17(24)28-12)14(27-10)20-6-5-11(19-25)18-16(20)23/h1-6,10,12-14,21,25H,7H2,(H,18,19,23)/t10-,12-,13-,14-/m1/s1. The van der Waals surface area contributed by atoms with E-state index in [9.17, 15) is 19.5 Å². The highest BCUT2D eigenvalue weighted by atomic mass is 16.8. The molecule has 4 atom stereocenters. The van der Waals surface area contributed by atoms with E-state index in [2.05, 4.69) is 4.98 Å². The molecule has 2 fully saturated rings. The molecule has 0 unspecified atom stereocenters. The lowest BCUT2D eigenvalue weighted by atomic mass is 10.1.